The first-order valence-corrected chi connectivity index (χ1v) is 6.81. The Balaban J connectivity index is 2.03. The summed E-state index contributed by atoms with van der Waals surface area (Å²) in [7, 11) is 0. The number of benzene rings is 1. The number of para-hydroxylation sites is 2. The van der Waals surface area contributed by atoms with Crippen LogP contribution in [0.3, 0.4) is 0 Å². The van der Waals surface area contributed by atoms with Gasteiger partial charge in [0.05, 0.1) is 12.3 Å². The summed E-state index contributed by atoms with van der Waals surface area (Å²) in [5.74, 6) is 1.59. The zero-order valence-electron chi connectivity index (χ0n) is 11.5. The van der Waals surface area contributed by atoms with Crippen LogP contribution in [0.2, 0.25) is 0 Å². The van der Waals surface area contributed by atoms with Crippen molar-refractivity contribution >= 4 is 11.6 Å². The van der Waals surface area contributed by atoms with Crippen molar-refractivity contribution < 1.29 is 4.74 Å². The van der Waals surface area contributed by atoms with Crippen LogP contribution in [0.15, 0.2) is 30.5 Å². The van der Waals surface area contributed by atoms with Crippen LogP contribution in [-0.4, -0.2) is 23.1 Å². The number of hydrogen-bond acceptors (Lipinski definition) is 5. The van der Waals surface area contributed by atoms with Crippen molar-refractivity contribution in [1.82, 2.24) is 9.97 Å². The molecule has 0 unspecified atom stereocenters. The molecule has 5 nitrogen and oxygen atoms in total. The lowest BCUT2D eigenvalue weighted by molar-refractivity contribution is 0.322. The molecule has 1 aromatic heterocycles. The fourth-order valence-electron chi connectivity index (χ4n) is 2.35. The second-order valence-corrected chi connectivity index (χ2v) is 4.81. The van der Waals surface area contributed by atoms with E-state index in [1.807, 2.05) is 37.4 Å². The minimum atomic E-state index is 0.464. The monoisotopic (exact) mass is 270 g/mol. The Morgan fingerprint density at radius 2 is 2.20 bits per heavy atom. The summed E-state index contributed by atoms with van der Waals surface area (Å²) in [4.78, 5) is 11.1. The van der Waals surface area contributed by atoms with Crippen LogP contribution in [0, 0.1) is 6.92 Å². The van der Waals surface area contributed by atoms with Crippen LogP contribution in [-0.2, 0) is 6.54 Å². The maximum Gasteiger partial charge on any atom is 0.230 e. The van der Waals surface area contributed by atoms with E-state index in [-0.39, 0.29) is 0 Å². The van der Waals surface area contributed by atoms with Crippen LogP contribution in [0.4, 0.5) is 11.6 Å². The smallest absolute Gasteiger partial charge is 0.230 e. The van der Waals surface area contributed by atoms with Gasteiger partial charge in [-0.3, -0.25) is 0 Å². The highest BCUT2D eigenvalue weighted by Gasteiger charge is 2.19. The molecule has 1 aliphatic rings. The number of aromatic nitrogens is 2. The predicted molar refractivity (Wildman–Crippen MR) is 78.2 cm³/mol. The molecule has 1 aromatic carbocycles. The summed E-state index contributed by atoms with van der Waals surface area (Å²) in [6.07, 6.45) is 2.75. The van der Waals surface area contributed by atoms with Crippen LogP contribution < -0.4 is 15.4 Å². The lowest BCUT2D eigenvalue weighted by Crippen LogP contribution is -2.21. The van der Waals surface area contributed by atoms with Gasteiger partial charge in [-0.1, -0.05) is 12.1 Å². The van der Waals surface area contributed by atoms with Crippen molar-refractivity contribution in [3.05, 3.63) is 41.7 Å². The molecule has 0 spiro atoms. The second kappa shape index (κ2) is 5.46. The largest absolute Gasteiger partial charge is 0.491 e. The third kappa shape index (κ3) is 2.32. The highest BCUT2D eigenvalue weighted by molar-refractivity contribution is 5.65. The number of nitrogens with zero attached hydrogens (tertiary/aromatic N) is 3. The summed E-state index contributed by atoms with van der Waals surface area (Å²) >= 11 is 0. The molecule has 2 heterocycles. The Hall–Kier alpha value is -2.14. The molecule has 0 aliphatic carbocycles. The molecule has 2 aromatic rings. The Morgan fingerprint density at radius 3 is 3.00 bits per heavy atom. The fraction of sp³-hybridized carbons (Fsp3) is 0.333. The van der Waals surface area contributed by atoms with Gasteiger partial charge in [0.2, 0.25) is 5.95 Å². The van der Waals surface area contributed by atoms with Crippen molar-refractivity contribution in [2.45, 2.75) is 19.9 Å². The van der Waals surface area contributed by atoms with E-state index < -0.39 is 0 Å². The van der Waals surface area contributed by atoms with Gasteiger partial charge in [-0.15, -0.1) is 0 Å². The minimum Gasteiger partial charge on any atom is -0.491 e. The number of fused-ring (bicyclic) bond motifs is 1. The lowest BCUT2D eigenvalue weighted by atomic mass is 10.2. The maximum absolute atomic E-state index is 5.76. The van der Waals surface area contributed by atoms with Crippen molar-refractivity contribution in [3.8, 4) is 5.75 Å². The molecule has 1 aliphatic heterocycles. The quantitative estimate of drug-likeness (QED) is 0.906. The van der Waals surface area contributed by atoms with Gasteiger partial charge in [-0.05, 0) is 25.5 Å². The van der Waals surface area contributed by atoms with Gasteiger partial charge < -0.3 is 15.4 Å². The normalized spacial score (nSPS) is 14.4. The number of anilines is 2. The van der Waals surface area contributed by atoms with Crippen LogP contribution in [0.5, 0.6) is 5.75 Å². The van der Waals surface area contributed by atoms with E-state index >= 15 is 0 Å². The Kier molecular flexibility index (Phi) is 3.52. The van der Waals surface area contributed by atoms with Crippen molar-refractivity contribution in [1.29, 1.82) is 0 Å². The third-order valence-corrected chi connectivity index (χ3v) is 3.47. The average Bonchev–Trinajstić information content (AvgIpc) is 2.69. The third-order valence-electron chi connectivity index (χ3n) is 3.47. The molecule has 104 valence electrons. The summed E-state index contributed by atoms with van der Waals surface area (Å²) in [5, 5.41) is 0. The Bertz CT molecular complexity index is 615. The van der Waals surface area contributed by atoms with Gasteiger partial charge in [-0.25, -0.2) is 9.97 Å². The molecule has 0 bridgehead atoms. The van der Waals surface area contributed by atoms with E-state index in [1.54, 1.807) is 0 Å². The highest BCUT2D eigenvalue weighted by Crippen LogP contribution is 2.34. The topological polar surface area (TPSA) is 64.3 Å². The number of hydrogen-bond donors (Lipinski definition) is 1. The number of nitrogens with two attached hydrogens (primary N) is 1. The van der Waals surface area contributed by atoms with E-state index in [1.165, 1.54) is 0 Å². The fourth-order valence-corrected chi connectivity index (χ4v) is 2.35. The summed E-state index contributed by atoms with van der Waals surface area (Å²) in [6, 6.07) is 8.00. The zero-order chi connectivity index (χ0) is 13.9. The Morgan fingerprint density at radius 1 is 1.35 bits per heavy atom. The highest BCUT2D eigenvalue weighted by atomic mass is 16.5. The standard InChI is InChI=1S/C15H18N4O/c1-11-12(9-16)10-17-15(18-11)19-7-4-8-20-14-6-3-2-5-13(14)19/h2-3,5-6,10H,4,7-9,16H2,1H3. The predicted octanol–water partition coefficient (Wildman–Crippen LogP) is 2.16. The molecule has 5 heteroatoms. The van der Waals surface area contributed by atoms with Crippen molar-refractivity contribution in [3.63, 3.8) is 0 Å². The zero-order valence-corrected chi connectivity index (χ0v) is 11.5. The van der Waals surface area contributed by atoms with Gasteiger partial charge in [0.15, 0.2) is 0 Å². The summed E-state index contributed by atoms with van der Waals surface area (Å²) in [6.45, 7) is 3.99. The molecule has 20 heavy (non-hydrogen) atoms. The van der Waals surface area contributed by atoms with E-state index in [2.05, 4.69) is 14.9 Å². The average molecular weight is 270 g/mol. The molecular formula is C15H18N4O. The first-order chi connectivity index (χ1) is 9.79. The number of rotatable bonds is 2. The van der Waals surface area contributed by atoms with Crippen molar-refractivity contribution in [2.24, 2.45) is 5.73 Å². The number of aryl methyl sites for hydroxylation is 1. The Labute approximate surface area is 118 Å². The molecular weight excluding hydrogens is 252 g/mol. The van der Waals surface area contributed by atoms with Gasteiger partial charge >= 0.3 is 0 Å². The summed E-state index contributed by atoms with van der Waals surface area (Å²) in [5.41, 5.74) is 8.60. The molecule has 0 amide bonds. The molecule has 2 N–H and O–H groups in total. The first-order valence-electron chi connectivity index (χ1n) is 6.81. The lowest BCUT2D eigenvalue weighted by Gasteiger charge is -2.22. The van der Waals surface area contributed by atoms with Gasteiger partial charge in [0, 0.05) is 30.5 Å². The van der Waals surface area contributed by atoms with E-state index in [0.717, 1.165) is 35.7 Å². The first kappa shape index (κ1) is 12.9. The van der Waals surface area contributed by atoms with E-state index in [0.29, 0.717) is 19.1 Å². The molecule has 0 radical (unpaired) electrons. The number of ether oxygens (including phenoxy) is 1. The molecule has 0 fully saturated rings. The minimum absolute atomic E-state index is 0.464. The summed E-state index contributed by atoms with van der Waals surface area (Å²) < 4.78 is 5.76. The van der Waals surface area contributed by atoms with Gasteiger partial charge in [0.25, 0.3) is 0 Å². The van der Waals surface area contributed by atoms with Crippen LogP contribution >= 0.6 is 0 Å². The van der Waals surface area contributed by atoms with Crippen molar-refractivity contribution in [2.75, 3.05) is 18.1 Å². The molecule has 3 rings (SSSR count). The molecule has 0 saturated carbocycles. The van der Waals surface area contributed by atoms with E-state index in [4.69, 9.17) is 10.5 Å². The maximum atomic E-state index is 5.76. The van der Waals surface area contributed by atoms with Crippen LogP contribution in [0.25, 0.3) is 0 Å². The van der Waals surface area contributed by atoms with Crippen LogP contribution in [0.1, 0.15) is 17.7 Å². The van der Waals surface area contributed by atoms with Gasteiger partial charge in [-0.2, -0.15) is 0 Å². The second-order valence-electron chi connectivity index (χ2n) is 4.81. The molecule has 0 saturated heterocycles. The molecule has 0 atom stereocenters. The van der Waals surface area contributed by atoms with E-state index in [9.17, 15) is 0 Å². The SMILES string of the molecule is Cc1nc(N2CCCOc3ccccc32)ncc1CN. The van der Waals surface area contributed by atoms with Gasteiger partial charge in [0.1, 0.15) is 5.75 Å².